The smallest absolute Gasteiger partial charge is 0.353 e. The molecule has 3 rings (SSSR count). The average Bonchev–Trinajstić information content (AvgIpc) is 2.69. The number of nitro groups is 1. The van der Waals surface area contributed by atoms with Crippen LogP contribution in [0.15, 0.2) is 54.9 Å². The van der Waals surface area contributed by atoms with Crippen molar-refractivity contribution in [1.29, 1.82) is 0 Å². The zero-order valence-corrected chi connectivity index (χ0v) is 14.7. The fourth-order valence-corrected chi connectivity index (χ4v) is 2.42. The molecule has 0 fully saturated rings. The largest absolute Gasteiger partial charge is 0.497 e. The first-order chi connectivity index (χ1) is 13.1. The molecule has 0 radical (unpaired) electrons. The Morgan fingerprint density at radius 2 is 1.67 bits per heavy atom. The van der Waals surface area contributed by atoms with Gasteiger partial charge in [-0.2, -0.15) is 0 Å². The summed E-state index contributed by atoms with van der Waals surface area (Å²) >= 11 is 0. The molecule has 0 spiro atoms. The molecule has 0 atom stereocenters. The van der Waals surface area contributed by atoms with E-state index < -0.39 is 4.92 Å². The van der Waals surface area contributed by atoms with Crippen LogP contribution >= 0.6 is 0 Å². The van der Waals surface area contributed by atoms with Crippen LogP contribution in [0, 0.1) is 10.1 Å². The van der Waals surface area contributed by atoms with Crippen LogP contribution in [0.5, 0.6) is 11.5 Å². The molecule has 9 nitrogen and oxygen atoms in total. The molecule has 0 unspecified atom stereocenters. The highest BCUT2D eigenvalue weighted by molar-refractivity contribution is 5.78. The quantitative estimate of drug-likeness (QED) is 0.478. The Morgan fingerprint density at radius 3 is 2.30 bits per heavy atom. The van der Waals surface area contributed by atoms with Crippen molar-refractivity contribution in [2.45, 2.75) is 0 Å². The highest BCUT2D eigenvalue weighted by Crippen LogP contribution is 2.36. The zero-order chi connectivity index (χ0) is 19.2. The van der Waals surface area contributed by atoms with Gasteiger partial charge in [0.1, 0.15) is 17.8 Å². The molecule has 0 aliphatic heterocycles. The van der Waals surface area contributed by atoms with E-state index in [4.69, 9.17) is 9.47 Å². The van der Waals surface area contributed by atoms with E-state index in [1.54, 1.807) is 37.4 Å². The normalized spacial score (nSPS) is 10.1. The third kappa shape index (κ3) is 4.03. The molecule has 0 aliphatic rings. The van der Waals surface area contributed by atoms with Crippen LogP contribution in [-0.2, 0) is 0 Å². The number of hydrogen-bond donors (Lipinski definition) is 2. The molecule has 0 aliphatic carbocycles. The van der Waals surface area contributed by atoms with E-state index in [9.17, 15) is 10.1 Å². The second kappa shape index (κ2) is 8.00. The van der Waals surface area contributed by atoms with Gasteiger partial charge in [0.25, 0.3) is 0 Å². The van der Waals surface area contributed by atoms with E-state index in [2.05, 4.69) is 20.6 Å². The van der Waals surface area contributed by atoms with Gasteiger partial charge in [-0.1, -0.05) is 18.2 Å². The highest BCUT2D eigenvalue weighted by atomic mass is 16.6. The number of nitrogens with zero attached hydrogens (tertiary/aromatic N) is 3. The maximum Gasteiger partial charge on any atom is 0.353 e. The lowest BCUT2D eigenvalue weighted by Crippen LogP contribution is -2.06. The number of para-hydroxylation sites is 1. The lowest BCUT2D eigenvalue weighted by molar-refractivity contribution is -0.383. The Labute approximate surface area is 155 Å². The number of anilines is 4. The lowest BCUT2D eigenvalue weighted by atomic mass is 10.2. The summed E-state index contributed by atoms with van der Waals surface area (Å²) in [5.41, 5.74) is 0.900. The van der Waals surface area contributed by atoms with E-state index in [1.165, 1.54) is 13.4 Å². The summed E-state index contributed by atoms with van der Waals surface area (Å²) in [7, 11) is 3.04. The third-order valence-corrected chi connectivity index (χ3v) is 3.70. The van der Waals surface area contributed by atoms with Gasteiger partial charge in [-0.25, -0.2) is 9.97 Å². The zero-order valence-electron chi connectivity index (χ0n) is 14.7. The van der Waals surface area contributed by atoms with Gasteiger partial charge in [0.05, 0.1) is 24.8 Å². The molecule has 0 saturated carbocycles. The predicted octanol–water partition coefficient (Wildman–Crippen LogP) is 3.89. The summed E-state index contributed by atoms with van der Waals surface area (Å²) in [6, 6.07) is 14.1. The van der Waals surface area contributed by atoms with E-state index in [0.717, 1.165) is 0 Å². The van der Waals surface area contributed by atoms with Crippen molar-refractivity contribution in [3.63, 3.8) is 0 Å². The minimum absolute atomic E-state index is 0.0388. The number of rotatable bonds is 7. The number of hydrogen-bond acceptors (Lipinski definition) is 8. The van der Waals surface area contributed by atoms with Gasteiger partial charge in [-0.05, 0) is 24.3 Å². The van der Waals surface area contributed by atoms with Crippen molar-refractivity contribution >= 4 is 28.7 Å². The Balaban J connectivity index is 1.99. The van der Waals surface area contributed by atoms with Crippen LogP contribution in [0.25, 0.3) is 0 Å². The number of ether oxygens (including phenoxy) is 2. The fraction of sp³-hybridized carbons (Fsp3) is 0.111. The topological polar surface area (TPSA) is 111 Å². The van der Waals surface area contributed by atoms with Gasteiger partial charge in [-0.15, -0.1) is 0 Å². The molecular formula is C18H17N5O4. The van der Waals surface area contributed by atoms with Crippen LogP contribution in [0.2, 0.25) is 0 Å². The van der Waals surface area contributed by atoms with Gasteiger partial charge in [0, 0.05) is 11.8 Å². The van der Waals surface area contributed by atoms with Crippen molar-refractivity contribution in [2.24, 2.45) is 0 Å². The summed E-state index contributed by atoms with van der Waals surface area (Å²) in [6.07, 6.45) is 1.25. The Bertz CT molecular complexity index is 950. The molecule has 0 amide bonds. The molecule has 1 aromatic heterocycles. The second-order valence-corrected chi connectivity index (χ2v) is 5.36. The van der Waals surface area contributed by atoms with E-state index in [1.807, 2.05) is 18.2 Å². The van der Waals surface area contributed by atoms with Gasteiger partial charge in [-0.3, -0.25) is 10.1 Å². The van der Waals surface area contributed by atoms with Crippen LogP contribution < -0.4 is 20.1 Å². The standard InChI is InChI=1S/C18H17N5O4/c1-26-13-8-9-14(15(10-13)27-2)22-18-16(23(24)25)17(19-11-20-18)21-12-6-4-3-5-7-12/h3-11H,1-2H3,(H2,19,20,21,22). The number of nitrogens with one attached hydrogen (secondary N) is 2. The number of aromatic nitrogens is 2. The monoisotopic (exact) mass is 367 g/mol. The van der Waals surface area contributed by atoms with Crippen molar-refractivity contribution < 1.29 is 14.4 Å². The van der Waals surface area contributed by atoms with Crippen molar-refractivity contribution in [1.82, 2.24) is 9.97 Å². The molecule has 0 bridgehead atoms. The van der Waals surface area contributed by atoms with Crippen molar-refractivity contribution in [3.8, 4) is 11.5 Å². The molecule has 9 heteroatoms. The van der Waals surface area contributed by atoms with Crippen LogP contribution in [0.3, 0.4) is 0 Å². The summed E-state index contributed by atoms with van der Waals surface area (Å²) in [4.78, 5) is 19.2. The van der Waals surface area contributed by atoms with Crippen LogP contribution in [-0.4, -0.2) is 29.1 Å². The van der Waals surface area contributed by atoms with Gasteiger partial charge >= 0.3 is 5.69 Å². The first kappa shape index (κ1) is 17.9. The predicted molar refractivity (Wildman–Crippen MR) is 101 cm³/mol. The van der Waals surface area contributed by atoms with Gasteiger partial charge < -0.3 is 20.1 Å². The molecule has 2 aromatic carbocycles. The van der Waals surface area contributed by atoms with Crippen LogP contribution in [0.1, 0.15) is 0 Å². The Hall–Kier alpha value is -3.88. The first-order valence-corrected chi connectivity index (χ1v) is 7.93. The van der Waals surface area contributed by atoms with Crippen molar-refractivity contribution in [2.75, 3.05) is 24.9 Å². The van der Waals surface area contributed by atoms with Gasteiger partial charge in [0.15, 0.2) is 0 Å². The van der Waals surface area contributed by atoms with Crippen LogP contribution in [0.4, 0.5) is 28.7 Å². The number of benzene rings is 2. The summed E-state index contributed by atoms with van der Waals surface area (Å²) < 4.78 is 10.5. The fourth-order valence-electron chi connectivity index (χ4n) is 2.42. The second-order valence-electron chi connectivity index (χ2n) is 5.36. The minimum Gasteiger partial charge on any atom is -0.497 e. The minimum atomic E-state index is -0.538. The summed E-state index contributed by atoms with van der Waals surface area (Å²) in [6.45, 7) is 0. The molecular weight excluding hydrogens is 350 g/mol. The average molecular weight is 367 g/mol. The molecule has 1 heterocycles. The molecule has 3 aromatic rings. The highest BCUT2D eigenvalue weighted by Gasteiger charge is 2.24. The summed E-state index contributed by atoms with van der Waals surface area (Å²) in [5, 5.41) is 17.6. The van der Waals surface area contributed by atoms with E-state index in [0.29, 0.717) is 22.9 Å². The Kier molecular flexibility index (Phi) is 5.31. The SMILES string of the molecule is COc1ccc(Nc2ncnc(Nc3ccccc3)c2[N+](=O)[O-])c(OC)c1. The first-order valence-electron chi connectivity index (χ1n) is 7.93. The molecule has 0 saturated heterocycles. The molecule has 27 heavy (non-hydrogen) atoms. The Morgan fingerprint density at radius 1 is 0.963 bits per heavy atom. The third-order valence-electron chi connectivity index (χ3n) is 3.70. The summed E-state index contributed by atoms with van der Waals surface area (Å²) in [5.74, 6) is 1.17. The van der Waals surface area contributed by atoms with Crippen molar-refractivity contribution in [3.05, 3.63) is 65.0 Å². The lowest BCUT2D eigenvalue weighted by Gasteiger charge is -2.13. The van der Waals surface area contributed by atoms with E-state index in [-0.39, 0.29) is 17.3 Å². The maximum absolute atomic E-state index is 11.7. The number of methoxy groups -OCH3 is 2. The van der Waals surface area contributed by atoms with Gasteiger partial charge in [0.2, 0.25) is 11.6 Å². The molecule has 2 N–H and O–H groups in total. The van der Waals surface area contributed by atoms with E-state index >= 15 is 0 Å². The maximum atomic E-state index is 11.7. The molecule has 138 valence electrons.